The molecule has 7 heteroatoms. The summed E-state index contributed by atoms with van der Waals surface area (Å²) in [5.74, 6) is -1.10. The molecule has 5 nitrogen and oxygen atoms in total. The molecular formula is C20H17Cl2NO4. The maximum atomic E-state index is 12.4. The highest BCUT2D eigenvalue weighted by molar-refractivity contribution is 6.35. The number of nitrogens with one attached hydrogen (secondary N) is 1. The van der Waals surface area contributed by atoms with E-state index in [1.165, 1.54) is 6.92 Å². The number of para-hydroxylation sites is 1. The summed E-state index contributed by atoms with van der Waals surface area (Å²) in [5.41, 5.74) is 1.29. The number of ether oxygens (including phenoxy) is 1. The number of halogens is 2. The van der Waals surface area contributed by atoms with Crippen molar-refractivity contribution in [1.29, 1.82) is 0 Å². The van der Waals surface area contributed by atoms with Gasteiger partial charge in [-0.25, -0.2) is 4.79 Å². The predicted molar refractivity (Wildman–Crippen MR) is 104 cm³/mol. The Hall–Kier alpha value is -2.50. The average Bonchev–Trinajstić information content (AvgIpc) is 3.05. The van der Waals surface area contributed by atoms with Crippen molar-refractivity contribution in [3.63, 3.8) is 0 Å². The van der Waals surface area contributed by atoms with Crippen LogP contribution in [0.3, 0.4) is 0 Å². The Morgan fingerprint density at radius 1 is 1.07 bits per heavy atom. The molecule has 3 rings (SSSR count). The highest BCUT2D eigenvalue weighted by Gasteiger charge is 2.23. The van der Waals surface area contributed by atoms with Crippen LogP contribution in [0.15, 0.2) is 52.9 Å². The van der Waals surface area contributed by atoms with Crippen LogP contribution in [0.2, 0.25) is 10.0 Å². The number of fused-ring (bicyclic) bond motifs is 1. The van der Waals surface area contributed by atoms with Gasteiger partial charge in [0.15, 0.2) is 6.10 Å². The lowest BCUT2D eigenvalue weighted by atomic mass is 10.1. The summed E-state index contributed by atoms with van der Waals surface area (Å²) < 4.78 is 10.7. The van der Waals surface area contributed by atoms with Crippen LogP contribution in [-0.4, -0.2) is 18.0 Å². The Bertz CT molecular complexity index is 966. The van der Waals surface area contributed by atoms with Crippen molar-refractivity contribution in [1.82, 2.24) is 5.32 Å². The maximum Gasteiger partial charge on any atom is 0.375 e. The molecule has 0 saturated carbocycles. The van der Waals surface area contributed by atoms with Gasteiger partial charge in [-0.1, -0.05) is 47.5 Å². The minimum absolute atomic E-state index is 0.0460. The molecule has 0 radical (unpaired) electrons. The Morgan fingerprint density at radius 2 is 1.81 bits per heavy atom. The van der Waals surface area contributed by atoms with Crippen molar-refractivity contribution in [2.45, 2.75) is 26.0 Å². The Labute approximate surface area is 166 Å². The molecule has 0 aliphatic rings. The third-order valence-electron chi connectivity index (χ3n) is 4.07. The molecule has 0 aliphatic carbocycles. The lowest BCUT2D eigenvalue weighted by Gasteiger charge is -2.19. The topological polar surface area (TPSA) is 68.5 Å². The van der Waals surface area contributed by atoms with Gasteiger partial charge in [-0.2, -0.15) is 0 Å². The van der Waals surface area contributed by atoms with Crippen LogP contribution in [0.1, 0.15) is 36.0 Å². The smallest absolute Gasteiger partial charge is 0.375 e. The van der Waals surface area contributed by atoms with E-state index in [1.54, 1.807) is 43.3 Å². The van der Waals surface area contributed by atoms with Gasteiger partial charge in [-0.3, -0.25) is 4.79 Å². The third-order valence-corrected chi connectivity index (χ3v) is 4.63. The summed E-state index contributed by atoms with van der Waals surface area (Å²) in [6.07, 6.45) is -1.00. The minimum atomic E-state index is -1.00. The second kappa shape index (κ2) is 8.03. The fourth-order valence-electron chi connectivity index (χ4n) is 2.62. The van der Waals surface area contributed by atoms with E-state index in [1.807, 2.05) is 12.1 Å². The molecule has 1 heterocycles. The lowest BCUT2D eigenvalue weighted by molar-refractivity contribution is -0.129. The second-order valence-electron chi connectivity index (χ2n) is 6.09. The summed E-state index contributed by atoms with van der Waals surface area (Å²) in [6, 6.07) is 13.5. The van der Waals surface area contributed by atoms with E-state index in [4.69, 9.17) is 32.4 Å². The van der Waals surface area contributed by atoms with Crippen LogP contribution in [0.4, 0.5) is 0 Å². The van der Waals surface area contributed by atoms with Gasteiger partial charge < -0.3 is 14.5 Å². The first-order chi connectivity index (χ1) is 12.8. The van der Waals surface area contributed by atoms with Gasteiger partial charge in [-0.05, 0) is 43.7 Å². The number of rotatable bonds is 5. The molecule has 0 unspecified atom stereocenters. The van der Waals surface area contributed by atoms with Crippen LogP contribution in [-0.2, 0) is 9.53 Å². The average molecular weight is 406 g/mol. The van der Waals surface area contributed by atoms with E-state index >= 15 is 0 Å². The van der Waals surface area contributed by atoms with E-state index in [-0.39, 0.29) is 11.8 Å². The first-order valence-electron chi connectivity index (χ1n) is 8.30. The SMILES string of the molecule is C[C@@H](OC(=O)c1cc2ccccc2o1)C(=O)N[C@H](C)c1ccc(Cl)cc1Cl. The van der Waals surface area contributed by atoms with Crippen molar-refractivity contribution in [2.24, 2.45) is 0 Å². The molecule has 2 atom stereocenters. The van der Waals surface area contributed by atoms with Crippen molar-refractivity contribution in [2.75, 3.05) is 0 Å². The largest absolute Gasteiger partial charge is 0.449 e. The molecule has 2 aromatic carbocycles. The molecule has 0 aliphatic heterocycles. The van der Waals surface area contributed by atoms with Gasteiger partial charge >= 0.3 is 5.97 Å². The molecule has 1 amide bonds. The molecule has 0 fully saturated rings. The highest BCUT2D eigenvalue weighted by atomic mass is 35.5. The van der Waals surface area contributed by atoms with Gasteiger partial charge in [0.1, 0.15) is 5.58 Å². The molecular weight excluding hydrogens is 389 g/mol. The summed E-state index contributed by atoms with van der Waals surface area (Å²) in [7, 11) is 0. The number of carbonyl (C=O) groups excluding carboxylic acids is 2. The summed E-state index contributed by atoms with van der Waals surface area (Å²) in [4.78, 5) is 24.6. The van der Waals surface area contributed by atoms with Crippen molar-refractivity contribution in [3.8, 4) is 0 Å². The maximum absolute atomic E-state index is 12.4. The molecule has 1 N–H and O–H groups in total. The Balaban J connectivity index is 1.63. The zero-order chi connectivity index (χ0) is 19.6. The zero-order valence-corrected chi connectivity index (χ0v) is 16.2. The standard InChI is InChI=1S/C20H17Cl2NO4/c1-11(15-8-7-14(21)10-16(15)22)23-19(24)12(2)26-20(25)18-9-13-5-3-4-6-17(13)27-18/h3-12H,1-2H3,(H,23,24)/t11-,12-/m1/s1. The quantitative estimate of drug-likeness (QED) is 0.594. The van der Waals surface area contributed by atoms with E-state index < -0.39 is 18.0 Å². The van der Waals surface area contributed by atoms with Crippen LogP contribution >= 0.6 is 23.2 Å². The van der Waals surface area contributed by atoms with Gasteiger partial charge in [0.2, 0.25) is 5.76 Å². The van der Waals surface area contributed by atoms with Crippen LogP contribution < -0.4 is 5.32 Å². The minimum Gasteiger partial charge on any atom is -0.449 e. The van der Waals surface area contributed by atoms with E-state index in [0.29, 0.717) is 21.2 Å². The predicted octanol–water partition coefficient (Wildman–Crippen LogP) is 5.16. The van der Waals surface area contributed by atoms with Crippen LogP contribution in [0, 0.1) is 0 Å². The van der Waals surface area contributed by atoms with E-state index in [9.17, 15) is 9.59 Å². The monoisotopic (exact) mass is 405 g/mol. The van der Waals surface area contributed by atoms with Crippen molar-refractivity contribution < 1.29 is 18.7 Å². The number of carbonyl (C=O) groups is 2. The van der Waals surface area contributed by atoms with Crippen molar-refractivity contribution in [3.05, 3.63) is 69.9 Å². The molecule has 0 spiro atoms. The number of furan rings is 1. The first-order valence-corrected chi connectivity index (χ1v) is 9.05. The normalized spacial score (nSPS) is 13.2. The van der Waals surface area contributed by atoms with E-state index in [2.05, 4.69) is 5.32 Å². The Morgan fingerprint density at radius 3 is 2.52 bits per heavy atom. The van der Waals surface area contributed by atoms with Gasteiger partial charge in [-0.15, -0.1) is 0 Å². The molecule has 3 aromatic rings. The van der Waals surface area contributed by atoms with Gasteiger partial charge in [0.05, 0.1) is 6.04 Å². The highest BCUT2D eigenvalue weighted by Crippen LogP contribution is 2.26. The zero-order valence-electron chi connectivity index (χ0n) is 14.7. The molecule has 27 heavy (non-hydrogen) atoms. The lowest BCUT2D eigenvalue weighted by Crippen LogP contribution is -2.37. The molecule has 0 saturated heterocycles. The molecule has 140 valence electrons. The fourth-order valence-corrected chi connectivity index (χ4v) is 3.19. The molecule has 0 bridgehead atoms. The fraction of sp³-hybridized carbons (Fsp3) is 0.200. The molecule has 1 aromatic heterocycles. The number of amides is 1. The first kappa shape index (κ1) is 19.3. The summed E-state index contributed by atoms with van der Waals surface area (Å²) in [6.45, 7) is 3.27. The number of benzene rings is 2. The van der Waals surface area contributed by atoms with Crippen LogP contribution in [0.25, 0.3) is 11.0 Å². The number of hydrogen-bond acceptors (Lipinski definition) is 4. The van der Waals surface area contributed by atoms with E-state index in [0.717, 1.165) is 5.39 Å². The number of hydrogen-bond donors (Lipinski definition) is 1. The van der Waals surface area contributed by atoms with Crippen LogP contribution in [0.5, 0.6) is 0 Å². The Kier molecular flexibility index (Phi) is 5.73. The second-order valence-corrected chi connectivity index (χ2v) is 6.94. The summed E-state index contributed by atoms with van der Waals surface area (Å²) >= 11 is 12.0. The van der Waals surface area contributed by atoms with Gasteiger partial charge in [0, 0.05) is 15.4 Å². The van der Waals surface area contributed by atoms with Crippen molar-refractivity contribution >= 4 is 46.0 Å². The third kappa shape index (κ3) is 4.43. The number of esters is 1. The van der Waals surface area contributed by atoms with Gasteiger partial charge in [0.25, 0.3) is 5.91 Å². The summed E-state index contributed by atoms with van der Waals surface area (Å²) in [5, 5.41) is 4.51.